The van der Waals surface area contributed by atoms with Gasteiger partial charge in [0.1, 0.15) is 18.5 Å². The summed E-state index contributed by atoms with van der Waals surface area (Å²) >= 11 is 0. The highest BCUT2D eigenvalue weighted by molar-refractivity contribution is 5.95. The Morgan fingerprint density at radius 1 is 1.18 bits per heavy atom. The third-order valence-electron chi connectivity index (χ3n) is 7.64. The van der Waals surface area contributed by atoms with E-state index in [0.717, 1.165) is 23.8 Å². The van der Waals surface area contributed by atoms with Crippen molar-refractivity contribution in [1.82, 2.24) is 15.5 Å². The van der Waals surface area contributed by atoms with Crippen LogP contribution in [-0.2, 0) is 23.9 Å². The van der Waals surface area contributed by atoms with Crippen molar-refractivity contribution in [3.63, 3.8) is 0 Å². The SMILES string of the molecule is O=C1NCCC1CC(NC(=O)C1C2CCCC2CN1C(=O)[C@H](O)c1ccccc1F)C(=O)COC(F)(F)F. The summed E-state index contributed by atoms with van der Waals surface area (Å²) in [4.78, 5) is 52.7. The molecule has 3 aliphatic rings. The maximum Gasteiger partial charge on any atom is 0.522 e. The summed E-state index contributed by atoms with van der Waals surface area (Å²) in [7, 11) is 0. The third-order valence-corrected chi connectivity index (χ3v) is 7.64. The lowest BCUT2D eigenvalue weighted by Crippen LogP contribution is -2.54. The van der Waals surface area contributed by atoms with Crippen LogP contribution in [0.1, 0.15) is 43.8 Å². The van der Waals surface area contributed by atoms with Gasteiger partial charge in [0.25, 0.3) is 5.91 Å². The molecule has 3 fully saturated rings. The van der Waals surface area contributed by atoms with E-state index in [1.807, 2.05) is 0 Å². The zero-order valence-electron chi connectivity index (χ0n) is 20.4. The Balaban J connectivity index is 1.54. The van der Waals surface area contributed by atoms with E-state index in [1.165, 1.54) is 18.2 Å². The summed E-state index contributed by atoms with van der Waals surface area (Å²) in [6.07, 6.45) is -4.73. The number of carbonyl (C=O) groups is 4. The number of carbonyl (C=O) groups excluding carboxylic acids is 4. The fourth-order valence-corrected chi connectivity index (χ4v) is 5.79. The number of hydrogen-bond acceptors (Lipinski definition) is 6. The zero-order valence-corrected chi connectivity index (χ0v) is 20.4. The number of fused-ring (bicyclic) bond motifs is 1. The molecule has 2 aliphatic heterocycles. The van der Waals surface area contributed by atoms with Crippen LogP contribution < -0.4 is 10.6 Å². The van der Waals surface area contributed by atoms with Crippen molar-refractivity contribution >= 4 is 23.5 Å². The third kappa shape index (κ3) is 6.15. The smallest absolute Gasteiger partial charge is 0.378 e. The summed E-state index contributed by atoms with van der Waals surface area (Å²) in [5.41, 5.74) is -0.252. The van der Waals surface area contributed by atoms with Gasteiger partial charge < -0.3 is 20.6 Å². The van der Waals surface area contributed by atoms with E-state index in [1.54, 1.807) is 0 Å². The standard InChI is InChI=1S/C25H29F4N3O6/c26-17-7-2-1-5-16(17)21(34)24(37)32-11-14-4-3-6-15(14)20(32)23(36)31-18(10-13-8-9-30-22(13)35)19(33)12-38-25(27,28)29/h1-2,5,7,13-15,18,20-21,34H,3-4,6,8-12H2,(H,30,35)(H,31,36)/t13?,14?,15?,18?,20?,21-/m1/s1. The van der Waals surface area contributed by atoms with Gasteiger partial charge in [0, 0.05) is 24.6 Å². The molecule has 9 nitrogen and oxygen atoms in total. The minimum atomic E-state index is -5.07. The Morgan fingerprint density at radius 3 is 2.58 bits per heavy atom. The second-order valence-electron chi connectivity index (χ2n) is 9.99. The van der Waals surface area contributed by atoms with Gasteiger partial charge in [0.05, 0.1) is 6.04 Å². The molecule has 0 bridgehead atoms. The van der Waals surface area contributed by atoms with Crippen LogP contribution in [0.25, 0.3) is 0 Å². The fraction of sp³-hybridized carbons (Fsp3) is 0.600. The Morgan fingerprint density at radius 2 is 1.92 bits per heavy atom. The number of amides is 3. The van der Waals surface area contributed by atoms with E-state index in [2.05, 4.69) is 15.4 Å². The van der Waals surface area contributed by atoms with E-state index in [0.29, 0.717) is 19.4 Å². The van der Waals surface area contributed by atoms with Crippen LogP contribution in [0.3, 0.4) is 0 Å². The molecule has 4 rings (SSSR count). The van der Waals surface area contributed by atoms with Gasteiger partial charge in [-0.1, -0.05) is 24.6 Å². The van der Waals surface area contributed by atoms with Gasteiger partial charge in [-0.2, -0.15) is 0 Å². The molecule has 2 saturated heterocycles. The van der Waals surface area contributed by atoms with Gasteiger partial charge in [-0.3, -0.25) is 23.9 Å². The Bertz CT molecular complexity index is 1080. The average Bonchev–Trinajstić information content (AvgIpc) is 3.57. The first-order valence-electron chi connectivity index (χ1n) is 12.5. The van der Waals surface area contributed by atoms with Gasteiger partial charge in [-0.25, -0.2) is 4.39 Å². The highest BCUT2D eigenvalue weighted by Gasteiger charge is 2.51. The van der Waals surface area contributed by atoms with Gasteiger partial charge in [0.2, 0.25) is 11.8 Å². The lowest BCUT2D eigenvalue weighted by molar-refractivity contribution is -0.321. The topological polar surface area (TPSA) is 125 Å². The van der Waals surface area contributed by atoms with Gasteiger partial charge in [0.15, 0.2) is 11.9 Å². The first kappa shape index (κ1) is 28.0. The van der Waals surface area contributed by atoms with Crippen molar-refractivity contribution in [3.05, 3.63) is 35.6 Å². The molecule has 5 unspecified atom stereocenters. The van der Waals surface area contributed by atoms with Gasteiger partial charge in [-0.15, -0.1) is 13.2 Å². The minimum absolute atomic E-state index is 0.0640. The van der Waals surface area contributed by atoms with E-state index < -0.39 is 60.5 Å². The second kappa shape index (κ2) is 11.4. The number of rotatable bonds is 9. The van der Waals surface area contributed by atoms with Crippen LogP contribution in [0.4, 0.5) is 17.6 Å². The number of Topliss-reactive ketones (excluding diaryl/α,β-unsaturated/α-hetero) is 1. The van der Waals surface area contributed by atoms with Crippen LogP contribution in [0.2, 0.25) is 0 Å². The molecule has 0 spiro atoms. The molecule has 3 amide bonds. The number of ketones is 1. The molecule has 6 atom stereocenters. The quantitative estimate of drug-likeness (QED) is 0.407. The predicted octanol–water partition coefficient (Wildman–Crippen LogP) is 1.60. The average molecular weight is 544 g/mol. The lowest BCUT2D eigenvalue weighted by Gasteiger charge is -2.30. The number of halogens is 4. The van der Waals surface area contributed by atoms with Crippen LogP contribution in [0.5, 0.6) is 0 Å². The molecule has 3 N–H and O–H groups in total. The Hall–Kier alpha value is -3.06. The molecule has 0 aromatic heterocycles. The van der Waals surface area contributed by atoms with Crippen molar-refractivity contribution < 1.29 is 46.6 Å². The van der Waals surface area contributed by atoms with Crippen LogP contribution in [0.15, 0.2) is 24.3 Å². The zero-order chi connectivity index (χ0) is 27.6. The van der Waals surface area contributed by atoms with Crippen molar-refractivity contribution in [3.8, 4) is 0 Å². The van der Waals surface area contributed by atoms with Gasteiger partial charge in [-0.05, 0) is 43.6 Å². The largest absolute Gasteiger partial charge is 0.522 e. The van der Waals surface area contributed by atoms with E-state index in [-0.39, 0.29) is 36.3 Å². The number of nitrogens with zero attached hydrogens (tertiary/aromatic N) is 1. The highest BCUT2D eigenvalue weighted by Crippen LogP contribution is 2.43. The molecule has 38 heavy (non-hydrogen) atoms. The number of benzene rings is 1. The summed E-state index contributed by atoms with van der Waals surface area (Å²) < 4.78 is 55.6. The number of nitrogens with one attached hydrogen (secondary N) is 2. The molecule has 2 heterocycles. The lowest BCUT2D eigenvalue weighted by atomic mass is 9.92. The van der Waals surface area contributed by atoms with Crippen LogP contribution in [-0.4, -0.2) is 71.7 Å². The molecule has 0 radical (unpaired) electrons. The number of ether oxygens (including phenoxy) is 1. The number of likely N-dealkylation sites (tertiary alicyclic amines) is 1. The summed E-state index contributed by atoms with van der Waals surface area (Å²) in [6, 6.07) is 2.62. The van der Waals surface area contributed by atoms with Crippen molar-refractivity contribution in [1.29, 1.82) is 0 Å². The van der Waals surface area contributed by atoms with E-state index in [9.17, 15) is 41.8 Å². The Labute approximate surface area is 215 Å². The van der Waals surface area contributed by atoms with E-state index >= 15 is 0 Å². The number of aliphatic hydroxyl groups excluding tert-OH is 1. The molecular weight excluding hydrogens is 514 g/mol. The Kier molecular flexibility index (Phi) is 8.36. The summed E-state index contributed by atoms with van der Waals surface area (Å²) in [5.74, 6) is -4.97. The first-order chi connectivity index (χ1) is 18.0. The van der Waals surface area contributed by atoms with Crippen LogP contribution in [0, 0.1) is 23.6 Å². The molecule has 1 saturated carbocycles. The van der Waals surface area contributed by atoms with Crippen molar-refractivity contribution in [2.24, 2.45) is 17.8 Å². The monoisotopic (exact) mass is 543 g/mol. The van der Waals surface area contributed by atoms with Crippen molar-refractivity contribution in [2.45, 2.75) is 56.7 Å². The molecule has 1 aromatic rings. The van der Waals surface area contributed by atoms with Crippen molar-refractivity contribution in [2.75, 3.05) is 19.7 Å². The minimum Gasteiger partial charge on any atom is -0.378 e. The highest BCUT2D eigenvalue weighted by atomic mass is 19.4. The molecular formula is C25H29F4N3O6. The summed E-state index contributed by atoms with van der Waals surface area (Å²) in [6.45, 7) is -0.887. The van der Waals surface area contributed by atoms with E-state index in [4.69, 9.17) is 0 Å². The maximum atomic E-state index is 14.2. The van der Waals surface area contributed by atoms with Crippen LogP contribution >= 0.6 is 0 Å². The predicted molar refractivity (Wildman–Crippen MR) is 122 cm³/mol. The normalized spacial score (nSPS) is 26.6. The molecule has 208 valence electrons. The first-order valence-corrected chi connectivity index (χ1v) is 12.5. The number of aliphatic hydroxyl groups is 1. The maximum absolute atomic E-state index is 14.2. The fourth-order valence-electron chi connectivity index (χ4n) is 5.79. The second-order valence-corrected chi connectivity index (χ2v) is 9.99. The number of hydrogen-bond donors (Lipinski definition) is 3. The molecule has 1 aromatic carbocycles. The molecule has 13 heteroatoms. The summed E-state index contributed by atoms with van der Waals surface area (Å²) in [5, 5.41) is 15.7. The van der Waals surface area contributed by atoms with Gasteiger partial charge >= 0.3 is 6.36 Å². The number of alkyl halides is 3. The molecule has 1 aliphatic carbocycles.